The van der Waals surface area contributed by atoms with E-state index < -0.39 is 64.4 Å². The van der Waals surface area contributed by atoms with Gasteiger partial charge in [0.15, 0.2) is 0 Å². The van der Waals surface area contributed by atoms with Gasteiger partial charge in [-0.15, -0.1) is 0 Å². The van der Waals surface area contributed by atoms with Gasteiger partial charge in [0.25, 0.3) is 0 Å². The van der Waals surface area contributed by atoms with Gasteiger partial charge >= 0.3 is 12.1 Å². The van der Waals surface area contributed by atoms with Gasteiger partial charge in [-0.25, -0.2) is 13.2 Å². The lowest BCUT2D eigenvalue weighted by molar-refractivity contribution is -0.289. The molecule has 0 atom stereocenters. The molecule has 2 aromatic carbocycles. The Morgan fingerprint density at radius 3 is 2.07 bits per heavy atom. The quantitative estimate of drug-likeness (QED) is 0.425. The van der Waals surface area contributed by atoms with Crippen molar-refractivity contribution in [3.63, 3.8) is 0 Å². The van der Waals surface area contributed by atoms with Crippen LogP contribution in [-0.4, -0.2) is 11.2 Å². The minimum absolute atomic E-state index is 0.230. The Morgan fingerprint density at radius 1 is 0.828 bits per heavy atom. The van der Waals surface area contributed by atoms with Crippen molar-refractivity contribution in [1.82, 2.24) is 4.98 Å². The Morgan fingerprint density at radius 2 is 1.45 bits per heavy atom. The second-order valence-corrected chi connectivity index (χ2v) is 6.01. The van der Waals surface area contributed by atoms with Crippen LogP contribution in [0.1, 0.15) is 15.2 Å². The third-order valence-electron chi connectivity index (χ3n) is 4.08. The lowest BCUT2D eigenvalue weighted by Crippen LogP contribution is -2.34. The SMILES string of the molecule is [2H]C([2H])([2H])c1cnc(-c2ccc(F)c(-c3cc(F)ccc3F)c2)cc1C(F)(F)C(F)(F)F. The zero-order valence-electron chi connectivity index (χ0n) is 17.1. The molecule has 0 spiro atoms. The van der Waals surface area contributed by atoms with E-state index >= 15 is 0 Å². The largest absolute Gasteiger partial charge is 0.458 e. The maximum atomic E-state index is 14.3. The Hall–Kier alpha value is -2.97. The smallest absolute Gasteiger partial charge is 0.256 e. The minimum Gasteiger partial charge on any atom is -0.256 e. The van der Waals surface area contributed by atoms with Crippen LogP contribution in [0.3, 0.4) is 0 Å². The van der Waals surface area contributed by atoms with E-state index in [-0.39, 0.29) is 11.6 Å². The van der Waals surface area contributed by atoms with Gasteiger partial charge < -0.3 is 0 Å². The zero-order valence-corrected chi connectivity index (χ0v) is 14.1. The molecule has 0 aliphatic heterocycles. The van der Waals surface area contributed by atoms with Crippen LogP contribution in [-0.2, 0) is 5.92 Å². The summed E-state index contributed by atoms with van der Waals surface area (Å²) in [6, 6.07) is 5.00. The van der Waals surface area contributed by atoms with E-state index in [1.807, 2.05) is 0 Å². The second-order valence-electron chi connectivity index (χ2n) is 6.01. The maximum absolute atomic E-state index is 14.3. The second kappa shape index (κ2) is 7.13. The van der Waals surface area contributed by atoms with Crippen molar-refractivity contribution in [3.8, 4) is 22.4 Å². The molecule has 3 rings (SSSR count). The molecular formula is C20H11F8N. The Labute approximate surface area is 163 Å². The summed E-state index contributed by atoms with van der Waals surface area (Å²) in [4.78, 5) is 3.63. The average molecular weight is 420 g/mol. The molecule has 0 aliphatic rings. The molecule has 1 nitrogen and oxygen atoms in total. The number of pyridine rings is 1. The average Bonchev–Trinajstić information content (AvgIpc) is 2.68. The molecule has 9 heteroatoms. The molecule has 0 bridgehead atoms. The van der Waals surface area contributed by atoms with Crippen LogP contribution >= 0.6 is 0 Å². The van der Waals surface area contributed by atoms with Crippen molar-refractivity contribution in [2.24, 2.45) is 0 Å². The van der Waals surface area contributed by atoms with Gasteiger partial charge in [-0.2, -0.15) is 22.0 Å². The first kappa shape index (κ1) is 16.9. The number of aryl methyl sites for hydroxylation is 1. The summed E-state index contributed by atoms with van der Waals surface area (Å²) >= 11 is 0. The van der Waals surface area contributed by atoms with Gasteiger partial charge in [0.05, 0.1) is 5.69 Å². The number of rotatable bonds is 3. The summed E-state index contributed by atoms with van der Waals surface area (Å²) in [5, 5.41) is 0. The van der Waals surface area contributed by atoms with Crippen molar-refractivity contribution in [1.29, 1.82) is 0 Å². The first-order valence-electron chi connectivity index (χ1n) is 9.34. The predicted molar refractivity (Wildman–Crippen MR) is 89.7 cm³/mol. The van der Waals surface area contributed by atoms with Crippen molar-refractivity contribution in [2.45, 2.75) is 19.0 Å². The van der Waals surface area contributed by atoms with E-state index in [1.54, 1.807) is 0 Å². The molecule has 0 amide bonds. The zero-order chi connectivity index (χ0) is 24.1. The highest BCUT2D eigenvalue weighted by Gasteiger charge is 2.59. The molecular weight excluding hydrogens is 406 g/mol. The predicted octanol–water partition coefficient (Wildman–Crippen LogP) is 6.80. The van der Waals surface area contributed by atoms with E-state index in [0.717, 1.165) is 30.3 Å². The van der Waals surface area contributed by atoms with E-state index in [2.05, 4.69) is 4.98 Å². The number of benzene rings is 2. The van der Waals surface area contributed by atoms with Gasteiger partial charge in [-0.3, -0.25) is 4.98 Å². The standard InChI is InChI=1S/C20H11F8N/c1-10-9-29-18(8-15(10)19(24,25)20(26,27)28)11-2-4-16(22)13(6-11)14-7-12(21)3-5-17(14)23/h2-9H,1H3/i1D3. The van der Waals surface area contributed by atoms with Crippen LogP contribution in [0.15, 0.2) is 48.7 Å². The summed E-state index contributed by atoms with van der Waals surface area (Å²) < 4.78 is 131. The van der Waals surface area contributed by atoms with E-state index in [4.69, 9.17) is 4.11 Å². The van der Waals surface area contributed by atoms with Crippen LogP contribution in [0.2, 0.25) is 0 Å². The summed E-state index contributed by atoms with van der Waals surface area (Å²) in [7, 11) is 0. The summed E-state index contributed by atoms with van der Waals surface area (Å²) in [5.74, 6) is -8.49. The normalized spacial score (nSPS) is 14.3. The van der Waals surface area contributed by atoms with Crippen LogP contribution < -0.4 is 0 Å². The highest BCUT2D eigenvalue weighted by molar-refractivity contribution is 5.72. The van der Waals surface area contributed by atoms with Crippen molar-refractivity contribution < 1.29 is 39.2 Å². The molecule has 0 aliphatic carbocycles. The van der Waals surface area contributed by atoms with Crippen LogP contribution in [0.5, 0.6) is 0 Å². The molecule has 3 aromatic rings. The first-order valence-corrected chi connectivity index (χ1v) is 7.84. The van der Waals surface area contributed by atoms with Crippen molar-refractivity contribution in [2.75, 3.05) is 0 Å². The van der Waals surface area contributed by atoms with Crippen LogP contribution in [0.25, 0.3) is 22.4 Å². The third-order valence-corrected chi connectivity index (χ3v) is 4.08. The monoisotopic (exact) mass is 420 g/mol. The molecule has 0 radical (unpaired) electrons. The molecule has 29 heavy (non-hydrogen) atoms. The van der Waals surface area contributed by atoms with Crippen LogP contribution in [0.4, 0.5) is 35.1 Å². The van der Waals surface area contributed by atoms with Gasteiger partial charge in [0.2, 0.25) is 0 Å². The molecule has 0 N–H and O–H groups in total. The van der Waals surface area contributed by atoms with E-state index in [9.17, 15) is 35.1 Å². The van der Waals surface area contributed by atoms with Crippen molar-refractivity contribution in [3.05, 3.63) is 77.2 Å². The third kappa shape index (κ3) is 3.81. The molecule has 0 saturated heterocycles. The van der Waals surface area contributed by atoms with Gasteiger partial charge in [0.1, 0.15) is 17.5 Å². The number of nitrogens with zero attached hydrogens (tertiary/aromatic N) is 1. The summed E-state index contributed by atoms with van der Waals surface area (Å²) in [6.45, 7) is -3.34. The fourth-order valence-corrected chi connectivity index (χ4v) is 2.62. The van der Waals surface area contributed by atoms with Crippen molar-refractivity contribution >= 4 is 0 Å². The highest BCUT2D eigenvalue weighted by atomic mass is 19.4. The highest BCUT2D eigenvalue weighted by Crippen LogP contribution is 2.45. The number of halogens is 8. The van der Waals surface area contributed by atoms with E-state index in [1.165, 1.54) is 0 Å². The Kier molecular flexibility index (Phi) is 4.16. The maximum Gasteiger partial charge on any atom is 0.458 e. The van der Waals surface area contributed by atoms with E-state index in [0.29, 0.717) is 12.3 Å². The van der Waals surface area contributed by atoms with Crippen LogP contribution in [0, 0.1) is 24.3 Å². The molecule has 0 fully saturated rings. The molecule has 0 unspecified atom stereocenters. The fraction of sp³-hybridized carbons (Fsp3) is 0.150. The number of aromatic nitrogens is 1. The minimum atomic E-state index is -6.11. The first-order chi connectivity index (χ1) is 14.6. The van der Waals surface area contributed by atoms with Gasteiger partial charge in [0, 0.05) is 32.6 Å². The lowest BCUT2D eigenvalue weighted by Gasteiger charge is -2.22. The molecule has 152 valence electrons. The summed E-state index contributed by atoms with van der Waals surface area (Å²) in [6.07, 6.45) is -5.76. The number of hydrogen-bond acceptors (Lipinski definition) is 1. The Balaban J connectivity index is 2.24. The Bertz CT molecular complexity index is 1170. The van der Waals surface area contributed by atoms with Gasteiger partial charge in [-0.05, 0) is 54.9 Å². The number of hydrogen-bond donors (Lipinski definition) is 0. The van der Waals surface area contributed by atoms with Gasteiger partial charge in [-0.1, -0.05) is 0 Å². The fourth-order valence-electron chi connectivity index (χ4n) is 2.62. The molecule has 1 aromatic heterocycles. The lowest BCUT2D eigenvalue weighted by atomic mass is 9.97. The number of alkyl halides is 5. The topological polar surface area (TPSA) is 12.9 Å². The molecule has 0 saturated carbocycles. The molecule has 1 heterocycles. The summed E-state index contributed by atoms with van der Waals surface area (Å²) in [5.41, 5.74) is -4.99.